The predicted octanol–water partition coefficient (Wildman–Crippen LogP) is 4.19. The third kappa shape index (κ3) is 2.98. The van der Waals surface area contributed by atoms with Gasteiger partial charge in [-0.1, -0.05) is 42.5 Å². The van der Waals surface area contributed by atoms with Crippen LogP contribution in [-0.4, -0.2) is 6.61 Å². The van der Waals surface area contributed by atoms with Crippen LogP contribution >= 0.6 is 0 Å². The molecule has 0 aliphatic carbocycles. The molecular formula is C18H20O. The first-order chi connectivity index (χ1) is 9.43. The van der Waals surface area contributed by atoms with Crippen molar-refractivity contribution >= 4 is 0 Å². The molecule has 0 bridgehead atoms. The highest BCUT2D eigenvalue weighted by molar-refractivity contribution is 5.35. The predicted molar refractivity (Wildman–Crippen MR) is 78.7 cm³/mol. The van der Waals surface area contributed by atoms with Gasteiger partial charge in [0.2, 0.25) is 0 Å². The lowest BCUT2D eigenvalue weighted by Gasteiger charge is -2.10. The zero-order valence-electron chi connectivity index (χ0n) is 11.3. The molecule has 1 aliphatic rings. The van der Waals surface area contributed by atoms with E-state index in [1.807, 2.05) is 0 Å². The number of fused-ring (bicyclic) bond motifs is 2. The van der Waals surface area contributed by atoms with Crippen LogP contribution < -0.4 is 4.74 Å². The summed E-state index contributed by atoms with van der Waals surface area (Å²) in [6, 6.07) is 17.3. The standard InChI is InChI=1S/C18H20O/c1-2-8-16-12-13-17-10-3-4-11-18(17)19-14-6-5-9-15(16)7-1/h1-4,7-8,10-11H,5-6,9,12-14H2. The summed E-state index contributed by atoms with van der Waals surface area (Å²) >= 11 is 0. The van der Waals surface area contributed by atoms with Crippen molar-refractivity contribution in [2.24, 2.45) is 0 Å². The quantitative estimate of drug-likeness (QED) is 0.683. The van der Waals surface area contributed by atoms with Gasteiger partial charge < -0.3 is 4.74 Å². The highest BCUT2D eigenvalue weighted by Crippen LogP contribution is 2.23. The summed E-state index contributed by atoms with van der Waals surface area (Å²) in [6.45, 7) is 0.833. The molecule has 0 N–H and O–H groups in total. The Morgan fingerprint density at radius 1 is 0.632 bits per heavy atom. The molecule has 3 rings (SSSR count). The van der Waals surface area contributed by atoms with Gasteiger partial charge in [0.15, 0.2) is 0 Å². The summed E-state index contributed by atoms with van der Waals surface area (Å²) in [5, 5.41) is 0. The molecule has 1 nitrogen and oxygen atoms in total. The molecule has 0 spiro atoms. The van der Waals surface area contributed by atoms with Crippen LogP contribution in [0.5, 0.6) is 5.75 Å². The molecule has 1 heteroatoms. The summed E-state index contributed by atoms with van der Waals surface area (Å²) in [6.07, 6.45) is 5.68. The lowest BCUT2D eigenvalue weighted by molar-refractivity contribution is 0.304. The van der Waals surface area contributed by atoms with Gasteiger partial charge in [-0.25, -0.2) is 0 Å². The number of aryl methyl sites for hydroxylation is 3. The fourth-order valence-corrected chi connectivity index (χ4v) is 2.77. The molecule has 0 aromatic heterocycles. The van der Waals surface area contributed by atoms with Crippen molar-refractivity contribution in [2.75, 3.05) is 6.61 Å². The highest BCUT2D eigenvalue weighted by atomic mass is 16.5. The van der Waals surface area contributed by atoms with E-state index < -0.39 is 0 Å². The fraction of sp³-hybridized carbons (Fsp3) is 0.333. The largest absolute Gasteiger partial charge is 0.493 e. The van der Waals surface area contributed by atoms with Gasteiger partial charge in [0.05, 0.1) is 6.61 Å². The lowest BCUT2D eigenvalue weighted by atomic mass is 9.97. The number of ether oxygens (including phenoxy) is 1. The van der Waals surface area contributed by atoms with Crippen molar-refractivity contribution in [1.29, 1.82) is 0 Å². The van der Waals surface area contributed by atoms with E-state index in [4.69, 9.17) is 4.74 Å². The van der Waals surface area contributed by atoms with Crippen molar-refractivity contribution in [3.05, 3.63) is 65.2 Å². The van der Waals surface area contributed by atoms with Gasteiger partial charge >= 0.3 is 0 Å². The number of hydrogen-bond donors (Lipinski definition) is 0. The van der Waals surface area contributed by atoms with Crippen molar-refractivity contribution in [3.63, 3.8) is 0 Å². The Balaban J connectivity index is 1.89. The molecule has 19 heavy (non-hydrogen) atoms. The van der Waals surface area contributed by atoms with Crippen molar-refractivity contribution in [1.82, 2.24) is 0 Å². The Kier molecular flexibility index (Phi) is 3.83. The molecule has 0 saturated carbocycles. The first-order valence-corrected chi connectivity index (χ1v) is 7.21. The van der Waals surface area contributed by atoms with E-state index in [2.05, 4.69) is 48.5 Å². The van der Waals surface area contributed by atoms with E-state index in [1.165, 1.54) is 29.5 Å². The van der Waals surface area contributed by atoms with Crippen LogP contribution in [-0.2, 0) is 19.3 Å². The molecule has 98 valence electrons. The van der Waals surface area contributed by atoms with E-state index in [0.29, 0.717) is 0 Å². The zero-order chi connectivity index (χ0) is 12.9. The van der Waals surface area contributed by atoms with Crippen LogP contribution in [0, 0.1) is 0 Å². The molecular weight excluding hydrogens is 232 g/mol. The van der Waals surface area contributed by atoms with Crippen molar-refractivity contribution < 1.29 is 4.74 Å². The molecule has 0 atom stereocenters. The Labute approximate surface area is 115 Å². The highest BCUT2D eigenvalue weighted by Gasteiger charge is 2.08. The van der Waals surface area contributed by atoms with Gasteiger partial charge in [0, 0.05) is 0 Å². The molecule has 2 aromatic carbocycles. The Morgan fingerprint density at radius 3 is 2.11 bits per heavy atom. The molecule has 1 aliphatic heterocycles. The lowest BCUT2D eigenvalue weighted by Crippen LogP contribution is -2.00. The third-order valence-corrected chi connectivity index (χ3v) is 3.85. The first kappa shape index (κ1) is 12.3. The normalized spacial score (nSPS) is 15.6. The van der Waals surface area contributed by atoms with Crippen LogP contribution in [0.4, 0.5) is 0 Å². The molecule has 0 radical (unpaired) electrons. The summed E-state index contributed by atoms with van der Waals surface area (Å²) in [5.74, 6) is 1.07. The van der Waals surface area contributed by atoms with Gasteiger partial charge in [0.25, 0.3) is 0 Å². The van der Waals surface area contributed by atoms with Gasteiger partial charge in [0.1, 0.15) is 5.75 Å². The maximum atomic E-state index is 5.92. The van der Waals surface area contributed by atoms with Crippen LogP contribution in [0.2, 0.25) is 0 Å². The Hall–Kier alpha value is -1.76. The van der Waals surface area contributed by atoms with Crippen LogP contribution in [0.1, 0.15) is 29.5 Å². The Morgan fingerprint density at radius 2 is 1.26 bits per heavy atom. The number of rotatable bonds is 0. The number of benzene rings is 2. The van der Waals surface area contributed by atoms with E-state index in [1.54, 1.807) is 0 Å². The molecule has 0 fully saturated rings. The third-order valence-electron chi connectivity index (χ3n) is 3.85. The topological polar surface area (TPSA) is 9.23 Å². The second-order valence-corrected chi connectivity index (χ2v) is 5.18. The minimum Gasteiger partial charge on any atom is -0.493 e. The molecule has 1 heterocycles. The SMILES string of the molecule is c1ccc2c(c1)CCCCOc1ccccc1CC2. The molecule has 0 unspecified atom stereocenters. The second kappa shape index (κ2) is 5.92. The van der Waals surface area contributed by atoms with Gasteiger partial charge in [-0.2, -0.15) is 0 Å². The summed E-state index contributed by atoms with van der Waals surface area (Å²) in [5.41, 5.74) is 4.35. The van der Waals surface area contributed by atoms with E-state index in [9.17, 15) is 0 Å². The Bertz CT molecular complexity index is 495. The smallest absolute Gasteiger partial charge is 0.122 e. The monoisotopic (exact) mass is 252 g/mol. The maximum absolute atomic E-state index is 5.92. The van der Waals surface area contributed by atoms with Gasteiger partial charge in [-0.05, 0) is 54.9 Å². The number of hydrogen-bond acceptors (Lipinski definition) is 1. The average molecular weight is 252 g/mol. The average Bonchev–Trinajstić information content (AvgIpc) is 2.50. The van der Waals surface area contributed by atoms with Crippen molar-refractivity contribution in [3.8, 4) is 5.75 Å². The van der Waals surface area contributed by atoms with Crippen LogP contribution in [0.3, 0.4) is 0 Å². The summed E-state index contributed by atoms with van der Waals surface area (Å²) in [7, 11) is 0. The fourth-order valence-electron chi connectivity index (χ4n) is 2.77. The van der Waals surface area contributed by atoms with Crippen molar-refractivity contribution in [2.45, 2.75) is 32.1 Å². The zero-order valence-corrected chi connectivity index (χ0v) is 11.3. The summed E-state index contributed by atoms with van der Waals surface area (Å²) < 4.78 is 5.92. The molecule has 0 amide bonds. The van der Waals surface area contributed by atoms with E-state index in [-0.39, 0.29) is 0 Å². The minimum absolute atomic E-state index is 0.833. The van der Waals surface area contributed by atoms with Gasteiger partial charge in [-0.3, -0.25) is 0 Å². The summed E-state index contributed by atoms with van der Waals surface area (Å²) in [4.78, 5) is 0. The molecule has 2 aromatic rings. The first-order valence-electron chi connectivity index (χ1n) is 7.21. The van der Waals surface area contributed by atoms with E-state index in [0.717, 1.165) is 31.6 Å². The second-order valence-electron chi connectivity index (χ2n) is 5.18. The van der Waals surface area contributed by atoms with Gasteiger partial charge in [-0.15, -0.1) is 0 Å². The van der Waals surface area contributed by atoms with Crippen LogP contribution in [0.25, 0.3) is 0 Å². The maximum Gasteiger partial charge on any atom is 0.122 e. The minimum atomic E-state index is 0.833. The van der Waals surface area contributed by atoms with Crippen LogP contribution in [0.15, 0.2) is 48.5 Å². The number of para-hydroxylation sites is 1. The van der Waals surface area contributed by atoms with E-state index >= 15 is 0 Å². The molecule has 0 saturated heterocycles.